The van der Waals surface area contributed by atoms with E-state index >= 15 is 0 Å². The summed E-state index contributed by atoms with van der Waals surface area (Å²) in [6.07, 6.45) is 0. The fraction of sp³-hybridized carbons (Fsp3) is 0.316. The molecule has 8 heteroatoms. The third kappa shape index (κ3) is 3.44. The Morgan fingerprint density at radius 3 is 2.00 bits per heavy atom. The summed E-state index contributed by atoms with van der Waals surface area (Å²) in [5.74, 6) is 1.68. The number of amides is 1. The number of benzene rings is 2. The molecule has 27 heavy (non-hydrogen) atoms. The summed E-state index contributed by atoms with van der Waals surface area (Å²) in [4.78, 5) is 14.2. The molecule has 3 rings (SSSR count). The second-order valence-electron chi connectivity index (χ2n) is 5.80. The van der Waals surface area contributed by atoms with E-state index in [0.29, 0.717) is 28.7 Å². The first kappa shape index (κ1) is 19.0. The molecule has 1 amide bonds. The number of methoxy groups -OCH3 is 4. The average molecular weight is 391 g/mol. The Balaban J connectivity index is 2.09. The molecule has 1 saturated heterocycles. The zero-order chi connectivity index (χ0) is 19.6. The maximum absolute atomic E-state index is 12.7. The Morgan fingerprint density at radius 1 is 0.926 bits per heavy atom. The minimum absolute atomic E-state index is 0.0483. The molecular formula is C19H21NO6S. The van der Waals surface area contributed by atoms with Gasteiger partial charge in [0.25, 0.3) is 0 Å². The minimum Gasteiger partial charge on any atom is -0.497 e. The molecule has 2 unspecified atom stereocenters. The number of anilines is 1. The Hall–Kier alpha value is -2.74. The quantitative estimate of drug-likeness (QED) is 0.753. The monoisotopic (exact) mass is 391 g/mol. The molecule has 0 radical (unpaired) electrons. The first-order chi connectivity index (χ1) is 13.0. The van der Waals surface area contributed by atoms with E-state index in [1.165, 1.54) is 26.2 Å². The molecule has 0 N–H and O–H groups in total. The molecule has 0 saturated carbocycles. The van der Waals surface area contributed by atoms with Crippen molar-refractivity contribution in [3.63, 3.8) is 0 Å². The van der Waals surface area contributed by atoms with Gasteiger partial charge in [-0.2, -0.15) is 0 Å². The molecular weight excluding hydrogens is 370 g/mol. The van der Waals surface area contributed by atoms with Crippen LogP contribution in [0.3, 0.4) is 0 Å². The van der Waals surface area contributed by atoms with Crippen LogP contribution in [-0.4, -0.2) is 44.3 Å². The summed E-state index contributed by atoms with van der Waals surface area (Å²) in [6, 6.07) is 10.5. The van der Waals surface area contributed by atoms with Crippen molar-refractivity contribution in [1.82, 2.24) is 0 Å². The minimum atomic E-state index is -1.38. The molecule has 0 aliphatic carbocycles. The van der Waals surface area contributed by atoms with Gasteiger partial charge in [0.15, 0.2) is 11.5 Å². The molecule has 1 aliphatic heterocycles. The predicted molar refractivity (Wildman–Crippen MR) is 102 cm³/mol. The SMILES string of the molecule is COc1ccc(C2N(c3cc(OC)c(OC)c(OC)c3)C(=O)CS2=O)cc1. The second kappa shape index (κ2) is 7.87. The maximum atomic E-state index is 12.7. The van der Waals surface area contributed by atoms with Gasteiger partial charge < -0.3 is 18.9 Å². The largest absolute Gasteiger partial charge is 0.497 e. The van der Waals surface area contributed by atoms with Crippen molar-refractivity contribution in [2.75, 3.05) is 39.1 Å². The van der Waals surface area contributed by atoms with Gasteiger partial charge in [0, 0.05) is 12.1 Å². The Kier molecular flexibility index (Phi) is 5.55. The highest BCUT2D eigenvalue weighted by atomic mass is 32.2. The van der Waals surface area contributed by atoms with E-state index in [0.717, 1.165) is 5.56 Å². The highest BCUT2D eigenvalue weighted by Crippen LogP contribution is 2.44. The zero-order valence-corrected chi connectivity index (χ0v) is 16.4. The van der Waals surface area contributed by atoms with Crippen molar-refractivity contribution < 1.29 is 28.0 Å². The molecule has 0 bridgehead atoms. The summed E-state index contributed by atoms with van der Waals surface area (Å²) in [5.41, 5.74) is 1.29. The normalized spacial score (nSPS) is 19.1. The van der Waals surface area contributed by atoms with E-state index in [1.807, 2.05) is 12.1 Å². The van der Waals surface area contributed by atoms with Gasteiger partial charge in [0.05, 0.1) is 44.9 Å². The van der Waals surface area contributed by atoms with Crippen LogP contribution in [0.2, 0.25) is 0 Å². The van der Waals surface area contributed by atoms with E-state index in [1.54, 1.807) is 31.4 Å². The van der Waals surface area contributed by atoms with Gasteiger partial charge in [-0.15, -0.1) is 0 Å². The highest BCUT2D eigenvalue weighted by Gasteiger charge is 2.40. The van der Waals surface area contributed by atoms with Crippen LogP contribution in [0, 0.1) is 0 Å². The van der Waals surface area contributed by atoms with Crippen LogP contribution in [-0.2, 0) is 15.6 Å². The molecule has 0 spiro atoms. The first-order valence-corrected chi connectivity index (χ1v) is 9.55. The summed E-state index contributed by atoms with van der Waals surface area (Å²) >= 11 is 0. The molecule has 2 aromatic carbocycles. The molecule has 1 aliphatic rings. The Bertz CT molecular complexity index is 842. The van der Waals surface area contributed by atoms with Crippen molar-refractivity contribution in [3.05, 3.63) is 42.0 Å². The topological polar surface area (TPSA) is 74.3 Å². The number of hydrogen-bond acceptors (Lipinski definition) is 6. The van der Waals surface area contributed by atoms with Crippen LogP contribution in [0.4, 0.5) is 5.69 Å². The number of carbonyl (C=O) groups excluding carboxylic acids is 1. The van der Waals surface area contributed by atoms with Crippen LogP contribution in [0.25, 0.3) is 0 Å². The van der Waals surface area contributed by atoms with Gasteiger partial charge in [-0.1, -0.05) is 12.1 Å². The molecule has 1 heterocycles. The van der Waals surface area contributed by atoms with Crippen LogP contribution in [0.1, 0.15) is 10.9 Å². The standard InChI is InChI=1S/C19H21NO6S/c1-23-14-7-5-12(6-8-14)19-20(17(21)11-27(19)22)13-9-15(24-2)18(26-4)16(10-13)25-3/h5-10,19H,11H2,1-4H3. The number of ether oxygens (including phenoxy) is 4. The van der Waals surface area contributed by atoms with Crippen molar-refractivity contribution in [1.29, 1.82) is 0 Å². The number of hydrogen-bond donors (Lipinski definition) is 0. The number of nitrogens with zero attached hydrogens (tertiary/aromatic N) is 1. The first-order valence-electron chi connectivity index (χ1n) is 8.17. The summed E-state index contributed by atoms with van der Waals surface area (Å²) in [6.45, 7) is 0. The zero-order valence-electron chi connectivity index (χ0n) is 15.6. The summed E-state index contributed by atoms with van der Waals surface area (Å²) < 4.78 is 33.9. The Labute approximate surface area is 160 Å². The average Bonchev–Trinajstić information content (AvgIpc) is 3.00. The van der Waals surface area contributed by atoms with Gasteiger partial charge >= 0.3 is 0 Å². The molecule has 2 aromatic rings. The second-order valence-corrected chi connectivity index (χ2v) is 7.29. The smallest absolute Gasteiger partial charge is 0.241 e. The fourth-order valence-electron chi connectivity index (χ4n) is 3.07. The van der Waals surface area contributed by atoms with Crippen molar-refractivity contribution in [3.8, 4) is 23.0 Å². The van der Waals surface area contributed by atoms with Gasteiger partial charge in [0.1, 0.15) is 16.9 Å². The van der Waals surface area contributed by atoms with Gasteiger partial charge in [-0.25, -0.2) is 0 Å². The Morgan fingerprint density at radius 2 is 1.52 bits per heavy atom. The van der Waals surface area contributed by atoms with E-state index in [4.69, 9.17) is 18.9 Å². The highest BCUT2D eigenvalue weighted by molar-refractivity contribution is 7.86. The van der Waals surface area contributed by atoms with Crippen molar-refractivity contribution in [2.45, 2.75) is 5.37 Å². The van der Waals surface area contributed by atoms with Crippen molar-refractivity contribution >= 4 is 22.4 Å². The fourth-order valence-corrected chi connectivity index (χ4v) is 4.55. The summed E-state index contributed by atoms with van der Waals surface area (Å²) in [5, 5.41) is -0.605. The molecule has 1 fully saturated rings. The summed E-state index contributed by atoms with van der Waals surface area (Å²) in [7, 11) is 4.72. The lowest BCUT2D eigenvalue weighted by atomic mass is 10.1. The van der Waals surface area contributed by atoms with Gasteiger partial charge in [0.2, 0.25) is 11.7 Å². The third-order valence-electron chi connectivity index (χ3n) is 4.35. The third-order valence-corrected chi connectivity index (χ3v) is 5.86. The molecule has 7 nitrogen and oxygen atoms in total. The van der Waals surface area contributed by atoms with E-state index in [9.17, 15) is 9.00 Å². The lowest BCUT2D eigenvalue weighted by Gasteiger charge is -2.25. The van der Waals surface area contributed by atoms with E-state index in [-0.39, 0.29) is 11.7 Å². The van der Waals surface area contributed by atoms with Crippen LogP contribution in [0.5, 0.6) is 23.0 Å². The van der Waals surface area contributed by atoms with Crippen LogP contribution < -0.4 is 23.8 Å². The van der Waals surface area contributed by atoms with Crippen LogP contribution >= 0.6 is 0 Å². The van der Waals surface area contributed by atoms with Gasteiger partial charge in [-0.3, -0.25) is 13.9 Å². The number of carbonyl (C=O) groups is 1. The van der Waals surface area contributed by atoms with Gasteiger partial charge in [-0.05, 0) is 17.7 Å². The number of rotatable bonds is 6. The van der Waals surface area contributed by atoms with E-state index < -0.39 is 16.2 Å². The molecule has 2 atom stereocenters. The molecule has 144 valence electrons. The lowest BCUT2D eigenvalue weighted by molar-refractivity contribution is -0.115. The maximum Gasteiger partial charge on any atom is 0.241 e. The molecule has 0 aromatic heterocycles. The van der Waals surface area contributed by atoms with Crippen LogP contribution in [0.15, 0.2) is 36.4 Å². The lowest BCUT2D eigenvalue weighted by Crippen LogP contribution is -2.28. The van der Waals surface area contributed by atoms with E-state index in [2.05, 4.69) is 0 Å². The van der Waals surface area contributed by atoms with Crippen molar-refractivity contribution in [2.24, 2.45) is 0 Å². The predicted octanol–water partition coefficient (Wildman–Crippen LogP) is 2.52.